The molecule has 0 bridgehead atoms. The maximum Gasteiger partial charge on any atom is 0.257 e. The zero-order chi connectivity index (χ0) is 27.8. The summed E-state index contributed by atoms with van der Waals surface area (Å²) in [4.78, 5) is 35.3. The highest BCUT2D eigenvalue weighted by atomic mass is 79.9. The van der Waals surface area contributed by atoms with Crippen molar-refractivity contribution in [1.29, 1.82) is 0 Å². The number of halogens is 3. The summed E-state index contributed by atoms with van der Waals surface area (Å²) in [5, 5.41) is 8.08. The van der Waals surface area contributed by atoms with Gasteiger partial charge in [-0.3, -0.25) is 9.59 Å². The van der Waals surface area contributed by atoms with E-state index in [-0.39, 0.29) is 23.8 Å². The fourth-order valence-electron chi connectivity index (χ4n) is 4.78. The van der Waals surface area contributed by atoms with Crippen molar-refractivity contribution in [3.05, 3.63) is 85.4 Å². The average Bonchev–Trinajstić information content (AvgIpc) is 3.56. The van der Waals surface area contributed by atoms with Crippen LogP contribution in [-0.2, 0) is 0 Å². The summed E-state index contributed by atoms with van der Waals surface area (Å²) < 4.78 is 2.78. The number of thiazole rings is 1. The van der Waals surface area contributed by atoms with E-state index >= 15 is 0 Å². The molecule has 2 aromatic heterocycles. The quantitative estimate of drug-likeness (QED) is 0.230. The van der Waals surface area contributed by atoms with Gasteiger partial charge in [-0.2, -0.15) is 5.10 Å². The van der Waals surface area contributed by atoms with E-state index in [1.165, 1.54) is 11.3 Å². The Labute approximate surface area is 249 Å². The molecule has 4 aromatic rings. The summed E-state index contributed by atoms with van der Waals surface area (Å²) in [6.07, 6.45) is 1.63. The van der Waals surface area contributed by atoms with Crippen LogP contribution in [0.25, 0.3) is 16.4 Å². The van der Waals surface area contributed by atoms with Crippen molar-refractivity contribution in [2.45, 2.75) is 32.7 Å². The molecule has 0 N–H and O–H groups in total. The summed E-state index contributed by atoms with van der Waals surface area (Å²) in [7, 11) is 0. The van der Waals surface area contributed by atoms with Crippen molar-refractivity contribution < 1.29 is 9.59 Å². The monoisotopic (exact) mass is 645 g/mol. The zero-order valence-corrected chi connectivity index (χ0v) is 25.5. The van der Waals surface area contributed by atoms with E-state index in [0.29, 0.717) is 45.9 Å². The van der Waals surface area contributed by atoms with Crippen molar-refractivity contribution in [3.63, 3.8) is 0 Å². The number of amides is 2. The van der Waals surface area contributed by atoms with Crippen LogP contribution in [0.15, 0.2) is 58.5 Å². The van der Waals surface area contributed by atoms with Crippen LogP contribution in [0, 0.1) is 0 Å². The van der Waals surface area contributed by atoms with Crippen LogP contribution >= 0.6 is 50.5 Å². The topological polar surface area (TPSA) is 71.3 Å². The molecule has 202 valence electrons. The lowest BCUT2D eigenvalue weighted by Crippen LogP contribution is -2.55. The Morgan fingerprint density at radius 3 is 2.46 bits per heavy atom. The van der Waals surface area contributed by atoms with Crippen LogP contribution < -0.4 is 0 Å². The molecule has 39 heavy (non-hydrogen) atoms. The van der Waals surface area contributed by atoms with Gasteiger partial charge < -0.3 is 9.80 Å². The predicted octanol–water partition coefficient (Wildman–Crippen LogP) is 7.18. The molecule has 5 rings (SSSR count). The summed E-state index contributed by atoms with van der Waals surface area (Å²) in [5.74, 6) is -0.228. The third kappa shape index (κ3) is 5.63. The highest BCUT2D eigenvalue weighted by Crippen LogP contribution is 2.30. The number of carbonyl (C=O) groups is 2. The standard InChI is InChI=1S/C28H26BrCl2N5O2S/c1-16(2)25-22(13-32-36(25)28-33-24(15-39-28)18-4-6-19(29)7-5-18)26(37)34-10-11-35(17(3)14-34)27(38)21-9-8-20(30)12-23(21)31/h4-9,12-13,15-17H,10-11,14H2,1-3H3. The molecule has 7 nitrogen and oxygen atoms in total. The van der Waals surface area contributed by atoms with E-state index in [0.717, 1.165) is 21.4 Å². The number of benzene rings is 2. The number of hydrogen-bond donors (Lipinski definition) is 0. The molecule has 1 atom stereocenters. The summed E-state index contributed by atoms with van der Waals surface area (Å²) >= 11 is 17.2. The van der Waals surface area contributed by atoms with Crippen LogP contribution in [-0.4, -0.2) is 62.1 Å². The van der Waals surface area contributed by atoms with Gasteiger partial charge in [0.1, 0.15) is 0 Å². The van der Waals surface area contributed by atoms with Crippen LogP contribution in [0.4, 0.5) is 0 Å². The van der Waals surface area contributed by atoms with Crippen molar-refractivity contribution in [2.24, 2.45) is 0 Å². The maximum absolute atomic E-state index is 13.7. The Hall–Kier alpha value is -2.72. The van der Waals surface area contributed by atoms with Crippen molar-refractivity contribution >= 4 is 62.3 Å². The first-order chi connectivity index (χ1) is 18.6. The van der Waals surface area contributed by atoms with Gasteiger partial charge in [-0.25, -0.2) is 9.67 Å². The molecule has 1 saturated heterocycles. The Balaban J connectivity index is 1.35. The fourth-order valence-corrected chi connectivity index (χ4v) is 6.33. The van der Waals surface area contributed by atoms with Gasteiger partial charge in [0.15, 0.2) is 0 Å². The molecule has 0 aliphatic carbocycles. The predicted molar refractivity (Wildman–Crippen MR) is 159 cm³/mol. The fraction of sp³-hybridized carbons (Fsp3) is 0.286. The van der Waals surface area contributed by atoms with Gasteiger partial charge in [0.2, 0.25) is 5.13 Å². The van der Waals surface area contributed by atoms with Crippen LogP contribution in [0.1, 0.15) is 53.1 Å². The Morgan fingerprint density at radius 1 is 1.05 bits per heavy atom. The largest absolute Gasteiger partial charge is 0.335 e. The molecule has 2 aromatic carbocycles. The number of aromatic nitrogens is 3. The normalized spacial score (nSPS) is 15.7. The van der Waals surface area contributed by atoms with E-state index in [9.17, 15) is 9.59 Å². The second-order valence-electron chi connectivity index (χ2n) is 9.76. The van der Waals surface area contributed by atoms with Gasteiger partial charge in [-0.05, 0) is 43.2 Å². The minimum absolute atomic E-state index is 0.0406. The van der Waals surface area contributed by atoms with Crippen molar-refractivity contribution in [3.8, 4) is 16.4 Å². The highest BCUT2D eigenvalue weighted by molar-refractivity contribution is 9.10. The molecule has 0 spiro atoms. The summed E-state index contributed by atoms with van der Waals surface area (Å²) in [5.41, 5.74) is 3.64. The van der Waals surface area contributed by atoms with E-state index in [1.54, 1.807) is 38.9 Å². The third-order valence-corrected chi connectivity index (χ3v) is 8.63. The molecule has 0 saturated carbocycles. The van der Waals surface area contributed by atoms with Gasteiger partial charge in [-0.15, -0.1) is 11.3 Å². The Morgan fingerprint density at radius 2 is 1.79 bits per heavy atom. The van der Waals surface area contributed by atoms with Crippen LogP contribution in [0.2, 0.25) is 10.0 Å². The third-order valence-electron chi connectivity index (χ3n) is 6.73. The summed E-state index contributed by atoms with van der Waals surface area (Å²) in [6, 6.07) is 12.7. The van der Waals surface area contributed by atoms with Gasteiger partial charge in [0, 0.05) is 46.1 Å². The number of nitrogens with zero attached hydrogens (tertiary/aromatic N) is 5. The average molecular weight is 647 g/mol. The maximum atomic E-state index is 13.7. The van der Waals surface area contributed by atoms with Gasteiger partial charge in [0.05, 0.1) is 33.7 Å². The SMILES string of the molecule is CC(C)c1c(C(=O)N2CCN(C(=O)c3ccc(Cl)cc3Cl)C(C)C2)cnn1-c1nc(-c2ccc(Br)cc2)cs1. The van der Waals surface area contributed by atoms with E-state index in [1.807, 2.05) is 50.4 Å². The number of hydrogen-bond acceptors (Lipinski definition) is 5. The molecule has 1 aliphatic heterocycles. The second kappa shape index (κ2) is 11.4. The molecule has 2 amide bonds. The minimum atomic E-state index is -0.188. The molecular formula is C28H26BrCl2N5O2S. The van der Waals surface area contributed by atoms with Crippen LogP contribution in [0.5, 0.6) is 0 Å². The Bertz CT molecular complexity index is 1540. The van der Waals surface area contributed by atoms with Gasteiger partial charge in [0.25, 0.3) is 11.8 Å². The zero-order valence-electron chi connectivity index (χ0n) is 21.6. The van der Waals surface area contributed by atoms with Gasteiger partial charge >= 0.3 is 0 Å². The lowest BCUT2D eigenvalue weighted by atomic mass is 10.0. The molecule has 1 fully saturated rings. The summed E-state index contributed by atoms with van der Waals surface area (Å²) in [6.45, 7) is 7.24. The molecule has 0 radical (unpaired) electrons. The molecule has 3 heterocycles. The second-order valence-corrected chi connectivity index (χ2v) is 12.4. The number of rotatable bonds is 5. The molecular weight excluding hydrogens is 621 g/mol. The lowest BCUT2D eigenvalue weighted by Gasteiger charge is -2.40. The Kier molecular flexibility index (Phi) is 8.14. The van der Waals surface area contributed by atoms with Crippen molar-refractivity contribution in [1.82, 2.24) is 24.6 Å². The highest BCUT2D eigenvalue weighted by Gasteiger charge is 2.33. The van der Waals surface area contributed by atoms with Crippen molar-refractivity contribution in [2.75, 3.05) is 19.6 Å². The number of piperazine rings is 1. The van der Waals surface area contributed by atoms with Gasteiger partial charge in [-0.1, -0.05) is 65.1 Å². The lowest BCUT2D eigenvalue weighted by molar-refractivity contribution is 0.0413. The molecule has 11 heteroatoms. The van der Waals surface area contributed by atoms with E-state index in [2.05, 4.69) is 21.0 Å². The van der Waals surface area contributed by atoms with E-state index in [4.69, 9.17) is 28.2 Å². The number of carbonyl (C=O) groups excluding carboxylic acids is 2. The minimum Gasteiger partial charge on any atom is -0.335 e. The van der Waals surface area contributed by atoms with E-state index < -0.39 is 0 Å². The first kappa shape index (κ1) is 27.8. The molecule has 1 aliphatic rings. The van der Waals surface area contributed by atoms with Crippen LogP contribution in [0.3, 0.4) is 0 Å². The first-order valence-electron chi connectivity index (χ1n) is 12.5. The smallest absolute Gasteiger partial charge is 0.257 e. The molecule has 1 unspecified atom stereocenters. The first-order valence-corrected chi connectivity index (χ1v) is 14.9.